The predicted molar refractivity (Wildman–Crippen MR) is 196 cm³/mol. The molecule has 2 amide bonds. The van der Waals surface area contributed by atoms with Gasteiger partial charge in [-0.25, -0.2) is 0 Å². The van der Waals surface area contributed by atoms with Gasteiger partial charge in [-0.05, 0) is 87.0 Å². The van der Waals surface area contributed by atoms with Gasteiger partial charge in [0.25, 0.3) is 11.8 Å². The van der Waals surface area contributed by atoms with Crippen molar-refractivity contribution in [3.63, 3.8) is 0 Å². The van der Waals surface area contributed by atoms with E-state index in [4.69, 9.17) is 9.47 Å². The highest BCUT2D eigenvalue weighted by Crippen LogP contribution is 2.27. The van der Waals surface area contributed by atoms with Gasteiger partial charge in [0.05, 0.1) is 19.1 Å². The minimum absolute atomic E-state index is 0.0182. The second kappa shape index (κ2) is 14.8. The van der Waals surface area contributed by atoms with Crippen LogP contribution in [-0.2, 0) is 26.3 Å². The highest BCUT2D eigenvalue weighted by molar-refractivity contribution is 6.06. The van der Waals surface area contributed by atoms with Crippen LogP contribution in [0.25, 0.3) is 0 Å². The van der Waals surface area contributed by atoms with Crippen molar-refractivity contribution in [2.75, 3.05) is 16.3 Å². The molecule has 1 unspecified atom stereocenters. The van der Waals surface area contributed by atoms with Crippen LogP contribution in [0.3, 0.4) is 0 Å². The van der Waals surface area contributed by atoms with Gasteiger partial charge >= 0.3 is 0 Å². The molecule has 6 aromatic rings. The highest BCUT2D eigenvalue weighted by Gasteiger charge is 2.32. The van der Waals surface area contributed by atoms with Gasteiger partial charge in [-0.1, -0.05) is 66.2 Å². The van der Waals surface area contributed by atoms with Crippen LogP contribution in [0, 0.1) is 13.8 Å². The molecular weight excluding hydrogens is 640 g/mol. The number of nitrogens with zero attached hydrogens (tertiary/aromatic N) is 6. The van der Waals surface area contributed by atoms with Crippen molar-refractivity contribution in [3.8, 4) is 11.5 Å². The number of carbonyl (C=O) groups is 2. The molecule has 0 radical (unpaired) electrons. The van der Waals surface area contributed by atoms with Crippen molar-refractivity contribution < 1.29 is 19.1 Å². The van der Waals surface area contributed by atoms with E-state index in [2.05, 4.69) is 10.2 Å². The molecule has 10 heteroatoms. The van der Waals surface area contributed by atoms with Crippen LogP contribution in [0.1, 0.15) is 50.4 Å². The van der Waals surface area contributed by atoms with Gasteiger partial charge in [-0.2, -0.15) is 10.2 Å². The molecule has 4 aromatic carbocycles. The molecule has 0 N–H and O–H groups in total. The van der Waals surface area contributed by atoms with Crippen LogP contribution in [0.5, 0.6) is 11.5 Å². The van der Waals surface area contributed by atoms with Gasteiger partial charge in [0, 0.05) is 17.9 Å². The van der Waals surface area contributed by atoms with E-state index in [-0.39, 0.29) is 17.9 Å². The van der Waals surface area contributed by atoms with E-state index in [1.54, 1.807) is 9.36 Å². The molecule has 0 saturated heterocycles. The Kier molecular flexibility index (Phi) is 9.65. The van der Waals surface area contributed by atoms with Gasteiger partial charge < -0.3 is 19.3 Å². The molecular formula is C41H40N6O4. The quantitative estimate of drug-likeness (QED) is 0.168. The summed E-state index contributed by atoms with van der Waals surface area (Å²) in [6, 6.07) is 39.0. The Hall–Kier alpha value is -6.16. The molecule has 0 aliphatic carbocycles. The molecule has 0 fully saturated rings. The Balaban J connectivity index is 0.000000159. The fourth-order valence-corrected chi connectivity index (χ4v) is 6.29. The van der Waals surface area contributed by atoms with Crippen LogP contribution in [0.2, 0.25) is 0 Å². The Bertz CT molecular complexity index is 2120. The normalized spacial score (nSPS) is 15.1. The van der Waals surface area contributed by atoms with Crippen molar-refractivity contribution in [3.05, 3.63) is 155 Å². The highest BCUT2D eigenvalue weighted by atomic mass is 16.5. The zero-order valence-corrected chi connectivity index (χ0v) is 29.0. The van der Waals surface area contributed by atoms with Gasteiger partial charge in [0.1, 0.15) is 47.5 Å². The monoisotopic (exact) mass is 680 g/mol. The number of aryl methyl sites for hydroxylation is 2. The van der Waals surface area contributed by atoms with Gasteiger partial charge in [-0.3, -0.25) is 19.0 Å². The maximum absolute atomic E-state index is 13.0. The largest absolute Gasteiger partial charge is 0.487 e. The number of benzene rings is 4. The molecule has 2 aliphatic heterocycles. The van der Waals surface area contributed by atoms with Crippen molar-refractivity contribution in [2.45, 2.75) is 53.1 Å². The van der Waals surface area contributed by atoms with E-state index in [0.29, 0.717) is 44.2 Å². The van der Waals surface area contributed by atoms with Crippen molar-refractivity contribution in [1.82, 2.24) is 19.6 Å². The molecule has 1 atom stereocenters. The summed E-state index contributed by atoms with van der Waals surface area (Å²) in [4.78, 5) is 29.5. The molecule has 4 heterocycles. The predicted octanol–water partition coefficient (Wildman–Crippen LogP) is 7.25. The first kappa shape index (κ1) is 33.3. The summed E-state index contributed by atoms with van der Waals surface area (Å²) in [5.41, 5.74) is 6.91. The van der Waals surface area contributed by atoms with Crippen LogP contribution < -0.4 is 19.3 Å². The first-order valence-corrected chi connectivity index (χ1v) is 17.1. The van der Waals surface area contributed by atoms with Crippen molar-refractivity contribution in [1.29, 1.82) is 0 Å². The summed E-state index contributed by atoms with van der Waals surface area (Å²) in [5, 5.41) is 9.06. The van der Waals surface area contributed by atoms with Crippen LogP contribution in [0.4, 0.5) is 11.4 Å². The van der Waals surface area contributed by atoms with Crippen LogP contribution >= 0.6 is 0 Å². The van der Waals surface area contributed by atoms with E-state index in [0.717, 1.165) is 39.8 Å². The first-order valence-electron chi connectivity index (χ1n) is 17.1. The lowest BCUT2D eigenvalue weighted by molar-refractivity contribution is 0.0943. The third-order valence-electron chi connectivity index (χ3n) is 8.86. The molecule has 2 aromatic heterocycles. The van der Waals surface area contributed by atoms with E-state index in [1.807, 2.05) is 152 Å². The van der Waals surface area contributed by atoms with Gasteiger partial charge in [0.15, 0.2) is 0 Å². The third kappa shape index (κ3) is 7.55. The molecule has 0 spiro atoms. The Labute approximate surface area is 297 Å². The number of hydrogen-bond donors (Lipinski definition) is 0. The van der Waals surface area contributed by atoms with Crippen molar-refractivity contribution >= 4 is 23.2 Å². The minimum Gasteiger partial charge on any atom is -0.487 e. The van der Waals surface area contributed by atoms with E-state index in [1.165, 1.54) is 5.56 Å². The molecule has 2 aliphatic rings. The Morgan fingerprint density at radius 3 is 1.80 bits per heavy atom. The SMILES string of the molecule is Cc1ccc(N2C(=O)c3cc(COc4ccccc4)nn3CC2C)cc1.Cc1cccc(N2CCn3nc(COc4ccccc4)cc3C2=O)c1. The number of ether oxygens (including phenoxy) is 2. The maximum Gasteiger partial charge on any atom is 0.276 e. The number of rotatable bonds is 8. The number of hydrogen-bond acceptors (Lipinski definition) is 6. The minimum atomic E-state index is -0.0222. The van der Waals surface area contributed by atoms with Crippen LogP contribution in [0.15, 0.2) is 121 Å². The summed E-state index contributed by atoms with van der Waals surface area (Å²) in [6.07, 6.45) is 0. The number of para-hydroxylation sites is 2. The standard InChI is InChI=1S/C21H21N3O2.C20H19N3O2/c1-15-8-10-18(11-9-15)24-16(2)13-23-20(21(24)25)12-17(22-23)14-26-19-6-4-3-5-7-19;1-15-6-5-7-17(12-15)22-10-11-23-19(20(22)24)13-16(21-23)14-25-18-8-3-2-4-9-18/h3-12,16H,13-14H2,1-2H3;2-9,12-13H,10-11,14H2,1H3. The molecule has 0 bridgehead atoms. The van der Waals surface area contributed by atoms with Gasteiger partial charge in [-0.15, -0.1) is 0 Å². The Morgan fingerprint density at radius 1 is 0.608 bits per heavy atom. The smallest absolute Gasteiger partial charge is 0.276 e. The summed E-state index contributed by atoms with van der Waals surface area (Å²) in [7, 11) is 0. The number of anilines is 2. The molecule has 258 valence electrons. The lowest BCUT2D eigenvalue weighted by atomic mass is 10.1. The average Bonchev–Trinajstić information content (AvgIpc) is 3.77. The number of aromatic nitrogens is 4. The van der Waals surface area contributed by atoms with Crippen LogP contribution in [-0.4, -0.2) is 44.0 Å². The zero-order valence-electron chi connectivity index (χ0n) is 29.0. The van der Waals surface area contributed by atoms with E-state index in [9.17, 15) is 9.59 Å². The third-order valence-corrected chi connectivity index (χ3v) is 8.86. The lowest BCUT2D eigenvalue weighted by Gasteiger charge is -2.33. The summed E-state index contributed by atoms with van der Waals surface area (Å²) in [5.74, 6) is 1.54. The number of amides is 2. The maximum atomic E-state index is 13.0. The average molecular weight is 681 g/mol. The molecule has 51 heavy (non-hydrogen) atoms. The summed E-state index contributed by atoms with van der Waals surface area (Å²) >= 11 is 0. The van der Waals surface area contributed by atoms with Gasteiger partial charge in [0.2, 0.25) is 0 Å². The topological polar surface area (TPSA) is 94.7 Å². The number of fused-ring (bicyclic) bond motifs is 2. The Morgan fingerprint density at radius 2 is 1.20 bits per heavy atom. The van der Waals surface area contributed by atoms with E-state index >= 15 is 0 Å². The molecule has 0 saturated carbocycles. The zero-order chi connectivity index (χ0) is 35.3. The summed E-state index contributed by atoms with van der Waals surface area (Å²) in [6.45, 7) is 8.78. The first-order chi connectivity index (χ1) is 24.8. The lowest BCUT2D eigenvalue weighted by Crippen LogP contribution is -2.46. The fourth-order valence-electron chi connectivity index (χ4n) is 6.29. The van der Waals surface area contributed by atoms with E-state index < -0.39 is 0 Å². The molecule has 8 rings (SSSR count). The fraction of sp³-hybridized carbons (Fsp3) is 0.220. The second-order valence-corrected chi connectivity index (χ2v) is 12.8. The second-order valence-electron chi connectivity index (χ2n) is 12.8. The van der Waals surface area contributed by atoms with Crippen molar-refractivity contribution in [2.24, 2.45) is 0 Å². The molecule has 10 nitrogen and oxygen atoms in total. The number of carbonyl (C=O) groups excluding carboxylic acids is 2. The summed E-state index contributed by atoms with van der Waals surface area (Å²) < 4.78 is 15.1.